The van der Waals surface area contributed by atoms with Gasteiger partial charge in [0.2, 0.25) is 5.91 Å². The number of urea groups is 1. The summed E-state index contributed by atoms with van der Waals surface area (Å²) in [6.45, 7) is 6.87. The Morgan fingerprint density at radius 2 is 1.82 bits per heavy atom. The number of imide groups is 1. The molecule has 1 aliphatic heterocycles. The van der Waals surface area contributed by atoms with E-state index >= 15 is 0 Å². The van der Waals surface area contributed by atoms with Crippen molar-refractivity contribution in [2.75, 3.05) is 6.54 Å². The second-order valence-corrected chi connectivity index (χ2v) is 6.61. The molecule has 0 bridgehead atoms. The highest BCUT2D eigenvalue weighted by atomic mass is 16.2. The molecule has 6 heteroatoms. The molecule has 1 atom stereocenters. The van der Waals surface area contributed by atoms with Crippen LogP contribution < -0.4 is 10.6 Å². The molecule has 6 nitrogen and oxygen atoms in total. The third-order valence-electron chi connectivity index (χ3n) is 3.44. The summed E-state index contributed by atoms with van der Waals surface area (Å²) in [7, 11) is 0. The van der Waals surface area contributed by atoms with E-state index in [-0.39, 0.29) is 12.5 Å². The molecule has 1 saturated heterocycles. The minimum Gasteiger partial charge on any atom is -0.350 e. The van der Waals surface area contributed by atoms with Crippen molar-refractivity contribution in [2.45, 2.75) is 38.8 Å². The van der Waals surface area contributed by atoms with Gasteiger partial charge in [0.1, 0.15) is 12.1 Å². The largest absolute Gasteiger partial charge is 0.350 e. The zero-order chi connectivity index (χ0) is 16.5. The van der Waals surface area contributed by atoms with Crippen LogP contribution in [0, 0.1) is 0 Å². The van der Waals surface area contributed by atoms with Crippen LogP contribution in [0.3, 0.4) is 0 Å². The van der Waals surface area contributed by atoms with Crippen LogP contribution in [-0.2, 0) is 15.1 Å². The second kappa shape index (κ2) is 5.44. The molecule has 0 aliphatic carbocycles. The highest BCUT2D eigenvalue weighted by Gasteiger charge is 2.49. The van der Waals surface area contributed by atoms with Crippen molar-refractivity contribution in [2.24, 2.45) is 0 Å². The van der Waals surface area contributed by atoms with Gasteiger partial charge in [-0.2, -0.15) is 0 Å². The van der Waals surface area contributed by atoms with Crippen LogP contribution in [0.4, 0.5) is 4.79 Å². The minimum absolute atomic E-state index is 0.287. The van der Waals surface area contributed by atoms with Gasteiger partial charge in [0.25, 0.3) is 5.91 Å². The van der Waals surface area contributed by atoms with Crippen molar-refractivity contribution in [3.8, 4) is 0 Å². The van der Waals surface area contributed by atoms with E-state index in [4.69, 9.17) is 0 Å². The molecule has 0 spiro atoms. The van der Waals surface area contributed by atoms with Crippen LogP contribution in [0.1, 0.15) is 33.3 Å². The normalized spacial score (nSPS) is 21.7. The van der Waals surface area contributed by atoms with Crippen LogP contribution in [-0.4, -0.2) is 34.8 Å². The highest BCUT2D eigenvalue weighted by Crippen LogP contribution is 2.28. The maximum Gasteiger partial charge on any atom is 0.325 e. The number of nitrogens with zero attached hydrogens (tertiary/aromatic N) is 1. The summed E-state index contributed by atoms with van der Waals surface area (Å²) in [5.74, 6) is -0.791. The Balaban J connectivity index is 2.18. The van der Waals surface area contributed by atoms with E-state index in [1.54, 1.807) is 31.2 Å². The van der Waals surface area contributed by atoms with Crippen molar-refractivity contribution in [1.29, 1.82) is 0 Å². The number of carbonyl (C=O) groups excluding carboxylic acids is 3. The van der Waals surface area contributed by atoms with Gasteiger partial charge in [-0.25, -0.2) is 4.79 Å². The summed E-state index contributed by atoms with van der Waals surface area (Å²) < 4.78 is 0. The number of benzene rings is 1. The molecule has 2 rings (SSSR count). The van der Waals surface area contributed by atoms with Crippen LogP contribution in [0.2, 0.25) is 0 Å². The van der Waals surface area contributed by atoms with E-state index in [0.29, 0.717) is 5.56 Å². The molecule has 2 N–H and O–H groups in total. The third-order valence-corrected chi connectivity index (χ3v) is 3.44. The first kappa shape index (κ1) is 16.0. The monoisotopic (exact) mass is 303 g/mol. The number of hydrogen-bond donors (Lipinski definition) is 2. The second-order valence-electron chi connectivity index (χ2n) is 6.61. The molecule has 0 aromatic heterocycles. The van der Waals surface area contributed by atoms with E-state index in [1.807, 2.05) is 26.8 Å². The topological polar surface area (TPSA) is 78.5 Å². The van der Waals surface area contributed by atoms with Gasteiger partial charge in [-0.1, -0.05) is 30.3 Å². The molecule has 1 heterocycles. The maximum atomic E-state index is 12.6. The minimum atomic E-state index is -1.14. The Bertz CT molecular complexity index is 607. The van der Waals surface area contributed by atoms with Crippen molar-refractivity contribution in [3.63, 3.8) is 0 Å². The Morgan fingerprint density at radius 1 is 1.23 bits per heavy atom. The molecular weight excluding hydrogens is 282 g/mol. The van der Waals surface area contributed by atoms with Gasteiger partial charge < -0.3 is 10.6 Å². The molecule has 1 fully saturated rings. The average Bonchev–Trinajstić information content (AvgIpc) is 2.62. The summed E-state index contributed by atoms with van der Waals surface area (Å²) in [5, 5.41) is 5.41. The summed E-state index contributed by atoms with van der Waals surface area (Å²) in [5.41, 5.74) is -0.869. The molecule has 22 heavy (non-hydrogen) atoms. The molecule has 0 radical (unpaired) electrons. The summed E-state index contributed by atoms with van der Waals surface area (Å²) in [4.78, 5) is 37.6. The number of amides is 4. The first-order chi connectivity index (χ1) is 10.1. The van der Waals surface area contributed by atoms with Gasteiger partial charge in [-0.3, -0.25) is 14.5 Å². The number of nitrogens with one attached hydrogen (secondary N) is 2. The molecule has 118 valence electrons. The van der Waals surface area contributed by atoms with Gasteiger partial charge >= 0.3 is 6.03 Å². The van der Waals surface area contributed by atoms with Crippen LogP contribution in [0.15, 0.2) is 30.3 Å². The number of rotatable bonds is 3. The van der Waals surface area contributed by atoms with Gasteiger partial charge in [-0.15, -0.1) is 0 Å². The maximum absolute atomic E-state index is 12.6. The number of carbonyl (C=O) groups is 3. The lowest BCUT2D eigenvalue weighted by Crippen LogP contribution is -2.48. The van der Waals surface area contributed by atoms with Crippen LogP contribution in [0.25, 0.3) is 0 Å². The molecular formula is C16H21N3O3. The Hall–Kier alpha value is -2.37. The van der Waals surface area contributed by atoms with Crippen molar-refractivity contribution in [1.82, 2.24) is 15.5 Å². The van der Waals surface area contributed by atoms with Gasteiger partial charge in [0.05, 0.1) is 0 Å². The van der Waals surface area contributed by atoms with E-state index in [2.05, 4.69) is 10.6 Å². The third kappa shape index (κ3) is 3.10. The first-order valence-electron chi connectivity index (χ1n) is 7.14. The SMILES string of the molecule is CC(C)(C)NC(=O)CN1C(=O)NC(C)(c2ccccc2)C1=O. The van der Waals surface area contributed by atoms with E-state index < -0.39 is 23.0 Å². The molecule has 1 aromatic carbocycles. The molecule has 1 unspecified atom stereocenters. The zero-order valence-electron chi connectivity index (χ0n) is 13.3. The highest BCUT2D eigenvalue weighted by molar-refractivity contribution is 6.09. The molecule has 0 saturated carbocycles. The smallest absolute Gasteiger partial charge is 0.325 e. The lowest BCUT2D eigenvalue weighted by atomic mass is 9.92. The standard InChI is InChI=1S/C16H21N3O3/c1-15(2,3)17-12(20)10-19-13(21)16(4,18-14(19)22)11-8-6-5-7-9-11/h5-9H,10H2,1-4H3,(H,17,20)(H,18,22). The van der Waals surface area contributed by atoms with Crippen molar-refractivity contribution >= 4 is 17.8 Å². The lowest BCUT2D eigenvalue weighted by Gasteiger charge is -2.23. The van der Waals surface area contributed by atoms with Gasteiger partial charge in [-0.05, 0) is 33.3 Å². The first-order valence-corrected chi connectivity index (χ1v) is 7.14. The fourth-order valence-electron chi connectivity index (χ4n) is 2.41. The molecule has 1 aliphatic rings. The van der Waals surface area contributed by atoms with E-state index in [1.165, 1.54) is 0 Å². The Kier molecular flexibility index (Phi) is 3.96. The van der Waals surface area contributed by atoms with Crippen LogP contribution in [0.5, 0.6) is 0 Å². The Morgan fingerprint density at radius 3 is 2.36 bits per heavy atom. The van der Waals surface area contributed by atoms with E-state index in [9.17, 15) is 14.4 Å². The van der Waals surface area contributed by atoms with Gasteiger partial charge in [0, 0.05) is 5.54 Å². The van der Waals surface area contributed by atoms with Crippen molar-refractivity contribution in [3.05, 3.63) is 35.9 Å². The predicted octanol–water partition coefficient (Wildman–Crippen LogP) is 1.37. The van der Waals surface area contributed by atoms with Gasteiger partial charge in [0.15, 0.2) is 0 Å². The predicted molar refractivity (Wildman–Crippen MR) is 81.9 cm³/mol. The quantitative estimate of drug-likeness (QED) is 0.828. The lowest BCUT2D eigenvalue weighted by molar-refractivity contribution is -0.135. The fraction of sp³-hybridized carbons (Fsp3) is 0.438. The Labute approximate surface area is 129 Å². The summed E-state index contributed by atoms with van der Waals surface area (Å²) in [6, 6.07) is 8.43. The fourth-order valence-corrected chi connectivity index (χ4v) is 2.41. The summed E-state index contributed by atoms with van der Waals surface area (Å²) in [6.07, 6.45) is 0. The van der Waals surface area contributed by atoms with Crippen molar-refractivity contribution < 1.29 is 14.4 Å². The molecule has 1 aromatic rings. The van der Waals surface area contributed by atoms with E-state index in [0.717, 1.165) is 4.90 Å². The number of hydrogen-bond acceptors (Lipinski definition) is 3. The van der Waals surface area contributed by atoms with Crippen LogP contribution >= 0.6 is 0 Å². The average molecular weight is 303 g/mol. The molecule has 4 amide bonds. The summed E-state index contributed by atoms with van der Waals surface area (Å²) >= 11 is 0. The zero-order valence-corrected chi connectivity index (χ0v) is 13.3.